The first-order chi connectivity index (χ1) is 6.87. The van der Waals surface area contributed by atoms with E-state index in [9.17, 15) is 4.79 Å². The Morgan fingerprint density at radius 2 is 1.80 bits per heavy atom. The molecule has 15 heavy (non-hydrogen) atoms. The molecule has 3 nitrogen and oxygen atoms in total. The predicted octanol–water partition coefficient (Wildman–Crippen LogP) is 2.22. The summed E-state index contributed by atoms with van der Waals surface area (Å²) in [4.78, 5) is 10.6. The first kappa shape index (κ1) is 11.6. The van der Waals surface area contributed by atoms with Gasteiger partial charge in [-0.15, -0.1) is 0 Å². The van der Waals surface area contributed by atoms with Gasteiger partial charge in [-0.25, -0.2) is 0 Å². The van der Waals surface area contributed by atoms with Crippen LogP contribution in [0.4, 0.5) is 0 Å². The molecule has 0 atom stereocenters. The van der Waals surface area contributed by atoms with Crippen LogP contribution in [0.1, 0.15) is 26.3 Å². The Morgan fingerprint density at radius 3 is 2.20 bits per heavy atom. The molecular weight excluding hydrogens is 190 g/mol. The molecule has 0 aliphatic carbocycles. The number of hydrogen-bond donors (Lipinski definition) is 0. The summed E-state index contributed by atoms with van der Waals surface area (Å²) in [5.41, 5.74) is 7.47. The van der Waals surface area contributed by atoms with E-state index >= 15 is 0 Å². The Balaban J connectivity index is 2.68. The second kappa shape index (κ2) is 4.34. The Morgan fingerprint density at radius 1 is 1.27 bits per heavy atom. The highest BCUT2D eigenvalue weighted by atomic mass is 16.5. The van der Waals surface area contributed by atoms with Gasteiger partial charge in [0.25, 0.3) is 0 Å². The average molecular weight is 206 g/mol. The Labute approximate surface area is 90.2 Å². The summed E-state index contributed by atoms with van der Waals surface area (Å²) in [7, 11) is 0. The van der Waals surface area contributed by atoms with Gasteiger partial charge < -0.3 is 4.74 Å². The topological polar surface area (TPSA) is 50.1 Å². The molecule has 1 N–H and O–H groups in total. The number of carbonyl (C=O) groups excluding carboxylic acids is 1. The molecule has 0 saturated heterocycles. The largest absolute Gasteiger partial charge is 0.488 e. The molecule has 0 aromatic heterocycles. The zero-order valence-corrected chi connectivity index (χ0v) is 9.33. The molecule has 0 saturated carbocycles. The predicted molar refractivity (Wildman–Crippen MR) is 58.6 cm³/mol. The zero-order chi connectivity index (χ0) is 11.5. The van der Waals surface area contributed by atoms with Crippen molar-refractivity contribution in [3.63, 3.8) is 0 Å². The van der Waals surface area contributed by atoms with Gasteiger partial charge >= 0.3 is 0 Å². The van der Waals surface area contributed by atoms with E-state index in [2.05, 4.69) is 0 Å². The Hall–Kier alpha value is -1.51. The minimum atomic E-state index is -0.570. The first-order valence-corrected chi connectivity index (χ1v) is 4.89. The number of amides is 1. The van der Waals surface area contributed by atoms with Crippen molar-refractivity contribution in [1.82, 2.24) is 5.73 Å². The Bertz CT molecular complexity index is 336. The lowest BCUT2D eigenvalue weighted by atomic mass is 10.1. The molecule has 0 heterocycles. The maximum atomic E-state index is 10.6. The van der Waals surface area contributed by atoms with Crippen LogP contribution in [0, 0.1) is 0 Å². The third kappa shape index (κ3) is 4.49. The van der Waals surface area contributed by atoms with E-state index in [-0.39, 0.29) is 12.0 Å². The SMILES string of the molecule is CC(C)(C)Oc1ccc(CC([NH])=O)cc1. The van der Waals surface area contributed by atoms with E-state index in [1.165, 1.54) is 0 Å². The third-order valence-corrected chi connectivity index (χ3v) is 1.71. The summed E-state index contributed by atoms with van der Waals surface area (Å²) < 4.78 is 5.63. The molecule has 0 aliphatic heterocycles. The molecule has 0 spiro atoms. The summed E-state index contributed by atoms with van der Waals surface area (Å²) in [6.45, 7) is 5.94. The van der Waals surface area contributed by atoms with E-state index in [1.54, 1.807) is 0 Å². The molecule has 0 bridgehead atoms. The van der Waals surface area contributed by atoms with E-state index in [1.807, 2.05) is 45.0 Å². The van der Waals surface area contributed by atoms with Gasteiger partial charge in [-0.1, -0.05) is 12.1 Å². The fourth-order valence-corrected chi connectivity index (χ4v) is 1.21. The highest BCUT2D eigenvalue weighted by Crippen LogP contribution is 2.18. The summed E-state index contributed by atoms with van der Waals surface area (Å²) >= 11 is 0. The third-order valence-electron chi connectivity index (χ3n) is 1.71. The van der Waals surface area contributed by atoms with Crippen molar-refractivity contribution in [2.24, 2.45) is 0 Å². The first-order valence-electron chi connectivity index (χ1n) is 4.89. The number of rotatable bonds is 3. The zero-order valence-electron chi connectivity index (χ0n) is 9.33. The van der Waals surface area contributed by atoms with Crippen molar-refractivity contribution in [3.8, 4) is 5.75 Å². The summed E-state index contributed by atoms with van der Waals surface area (Å²) in [5, 5.41) is 0. The van der Waals surface area contributed by atoms with Crippen molar-refractivity contribution >= 4 is 5.91 Å². The van der Waals surface area contributed by atoms with Crippen LogP contribution in [-0.4, -0.2) is 11.5 Å². The normalized spacial score (nSPS) is 11.1. The molecular formula is C12H16NO2. The van der Waals surface area contributed by atoms with Gasteiger partial charge in [0.2, 0.25) is 5.91 Å². The van der Waals surface area contributed by atoms with Gasteiger partial charge in [-0.3, -0.25) is 10.5 Å². The number of nitrogens with one attached hydrogen (secondary N) is 1. The lowest BCUT2D eigenvalue weighted by molar-refractivity contribution is -0.118. The van der Waals surface area contributed by atoms with Crippen LogP contribution < -0.4 is 10.5 Å². The van der Waals surface area contributed by atoms with Crippen LogP contribution in [0.3, 0.4) is 0 Å². The fraction of sp³-hybridized carbons (Fsp3) is 0.417. The number of hydrogen-bond acceptors (Lipinski definition) is 2. The van der Waals surface area contributed by atoms with Crippen molar-refractivity contribution < 1.29 is 9.53 Å². The van der Waals surface area contributed by atoms with Gasteiger partial charge in [0.05, 0.1) is 6.42 Å². The smallest absolute Gasteiger partial charge is 0.242 e. The number of benzene rings is 1. The molecule has 1 aromatic carbocycles. The van der Waals surface area contributed by atoms with Crippen molar-refractivity contribution in [1.29, 1.82) is 0 Å². The lowest BCUT2D eigenvalue weighted by Crippen LogP contribution is -2.22. The number of carbonyl (C=O) groups is 1. The van der Waals surface area contributed by atoms with Crippen LogP contribution in [-0.2, 0) is 11.2 Å². The van der Waals surface area contributed by atoms with E-state index < -0.39 is 5.91 Å². The summed E-state index contributed by atoms with van der Waals surface area (Å²) in [6, 6.07) is 7.27. The molecule has 0 fully saturated rings. The molecule has 1 radical (unpaired) electrons. The van der Waals surface area contributed by atoms with Gasteiger partial charge in [0, 0.05) is 0 Å². The van der Waals surface area contributed by atoms with E-state index in [4.69, 9.17) is 10.5 Å². The van der Waals surface area contributed by atoms with Gasteiger partial charge in [0.1, 0.15) is 11.4 Å². The molecule has 0 aliphatic rings. The second-order valence-electron chi connectivity index (χ2n) is 4.46. The van der Waals surface area contributed by atoms with E-state index in [0.29, 0.717) is 0 Å². The standard InChI is InChI=1S/C12H16NO2/c1-12(2,3)15-10-6-4-9(5-7-10)8-11(13)14/h4-7,13H,8H2,1-3H3. The molecule has 1 rings (SSSR count). The van der Waals surface area contributed by atoms with Crippen LogP contribution in [0.25, 0.3) is 0 Å². The minimum Gasteiger partial charge on any atom is -0.488 e. The van der Waals surface area contributed by atoms with Gasteiger partial charge in [-0.2, -0.15) is 0 Å². The molecule has 1 aromatic rings. The van der Waals surface area contributed by atoms with Crippen LogP contribution in [0.2, 0.25) is 0 Å². The van der Waals surface area contributed by atoms with Crippen LogP contribution >= 0.6 is 0 Å². The summed E-state index contributed by atoms with van der Waals surface area (Å²) in [5.74, 6) is 0.211. The van der Waals surface area contributed by atoms with Crippen LogP contribution in [0.15, 0.2) is 24.3 Å². The quantitative estimate of drug-likeness (QED) is 0.761. The molecule has 81 valence electrons. The summed E-state index contributed by atoms with van der Waals surface area (Å²) in [6.07, 6.45) is 0.162. The van der Waals surface area contributed by atoms with E-state index in [0.717, 1.165) is 11.3 Å². The highest BCUT2D eigenvalue weighted by Gasteiger charge is 2.11. The van der Waals surface area contributed by atoms with Crippen molar-refractivity contribution in [2.75, 3.05) is 0 Å². The lowest BCUT2D eigenvalue weighted by Gasteiger charge is -2.21. The van der Waals surface area contributed by atoms with Gasteiger partial charge in [0.15, 0.2) is 0 Å². The molecule has 0 unspecified atom stereocenters. The number of ether oxygens (including phenoxy) is 1. The van der Waals surface area contributed by atoms with Crippen molar-refractivity contribution in [3.05, 3.63) is 29.8 Å². The highest BCUT2D eigenvalue weighted by molar-refractivity contribution is 5.75. The maximum absolute atomic E-state index is 10.6. The average Bonchev–Trinajstić information content (AvgIpc) is 2.05. The molecule has 3 heteroatoms. The fourth-order valence-electron chi connectivity index (χ4n) is 1.21. The maximum Gasteiger partial charge on any atom is 0.242 e. The van der Waals surface area contributed by atoms with Crippen molar-refractivity contribution in [2.45, 2.75) is 32.8 Å². The Kier molecular flexibility index (Phi) is 3.35. The monoisotopic (exact) mass is 206 g/mol. The van der Waals surface area contributed by atoms with Gasteiger partial charge in [-0.05, 0) is 38.5 Å². The van der Waals surface area contributed by atoms with Crippen LogP contribution in [0.5, 0.6) is 5.75 Å². The second-order valence-corrected chi connectivity index (χ2v) is 4.46. The molecule has 1 amide bonds. The minimum absolute atomic E-state index is 0.162.